The van der Waals surface area contributed by atoms with Crippen molar-refractivity contribution < 1.29 is 9.59 Å². The highest BCUT2D eigenvalue weighted by Gasteiger charge is 2.39. The van der Waals surface area contributed by atoms with Crippen LogP contribution in [0.3, 0.4) is 0 Å². The van der Waals surface area contributed by atoms with Crippen LogP contribution in [0.4, 0.5) is 0 Å². The second kappa shape index (κ2) is 9.69. The van der Waals surface area contributed by atoms with Gasteiger partial charge in [0.2, 0.25) is 0 Å². The molecule has 5 rings (SSSR count). The van der Waals surface area contributed by atoms with E-state index in [1.165, 1.54) is 0 Å². The van der Waals surface area contributed by atoms with E-state index in [0.717, 1.165) is 0 Å². The number of carbonyl (C=O) groups excluding carboxylic acids is 2. The van der Waals surface area contributed by atoms with E-state index in [2.05, 4.69) is 9.97 Å². The molecule has 1 aromatic heterocycles. The lowest BCUT2D eigenvalue weighted by Gasteiger charge is -2.25. The Bertz CT molecular complexity index is 1490. The number of hydrogen-bond acceptors (Lipinski definition) is 4. The van der Waals surface area contributed by atoms with Gasteiger partial charge in [-0.1, -0.05) is 103 Å². The Balaban J connectivity index is 1.77. The van der Waals surface area contributed by atoms with Crippen molar-refractivity contribution >= 4 is 22.6 Å². The quantitative estimate of drug-likeness (QED) is 0.260. The van der Waals surface area contributed by atoms with Crippen molar-refractivity contribution in [1.82, 2.24) is 9.97 Å². The summed E-state index contributed by atoms with van der Waals surface area (Å²) in [6.07, 6.45) is 0. The highest BCUT2D eigenvalue weighted by molar-refractivity contribution is 6.17. The Morgan fingerprint density at radius 2 is 1.11 bits per heavy atom. The van der Waals surface area contributed by atoms with Gasteiger partial charge in [-0.15, -0.1) is 0 Å². The van der Waals surface area contributed by atoms with Crippen LogP contribution >= 0.6 is 0 Å². The zero-order valence-corrected chi connectivity index (χ0v) is 18.8. The van der Waals surface area contributed by atoms with E-state index in [4.69, 9.17) is 0 Å². The zero-order valence-electron chi connectivity index (χ0n) is 18.8. The van der Waals surface area contributed by atoms with Crippen LogP contribution in [-0.4, -0.2) is 21.5 Å². The van der Waals surface area contributed by atoms with Gasteiger partial charge < -0.3 is 4.98 Å². The van der Waals surface area contributed by atoms with Gasteiger partial charge in [-0.05, 0) is 17.7 Å². The molecule has 1 heterocycles. The predicted molar refractivity (Wildman–Crippen MR) is 136 cm³/mol. The van der Waals surface area contributed by atoms with Gasteiger partial charge in [0.15, 0.2) is 11.6 Å². The van der Waals surface area contributed by atoms with Crippen LogP contribution in [-0.2, 0) is 0 Å². The third-order valence-electron chi connectivity index (χ3n) is 6.09. The Morgan fingerprint density at radius 3 is 1.69 bits per heavy atom. The van der Waals surface area contributed by atoms with Crippen LogP contribution in [0.25, 0.3) is 11.0 Å². The minimum atomic E-state index is -1.18. The second-order valence-corrected chi connectivity index (χ2v) is 8.29. The molecule has 0 aliphatic rings. The lowest BCUT2D eigenvalue weighted by atomic mass is 9.75. The summed E-state index contributed by atoms with van der Waals surface area (Å²) < 4.78 is 0. The maximum atomic E-state index is 14.0. The zero-order chi connectivity index (χ0) is 24.2. The van der Waals surface area contributed by atoms with Crippen LogP contribution in [0.1, 0.15) is 37.9 Å². The van der Waals surface area contributed by atoms with E-state index < -0.39 is 17.4 Å². The molecule has 5 nitrogen and oxygen atoms in total. The first-order chi connectivity index (χ1) is 17.1. The van der Waals surface area contributed by atoms with Crippen LogP contribution in [0.15, 0.2) is 120 Å². The number of nitrogens with zero attached hydrogens (tertiary/aromatic N) is 1. The first-order valence-electron chi connectivity index (χ1n) is 11.4. The molecule has 0 spiro atoms. The van der Waals surface area contributed by atoms with Gasteiger partial charge in [0.25, 0.3) is 5.56 Å². The monoisotopic (exact) mass is 458 g/mol. The summed E-state index contributed by atoms with van der Waals surface area (Å²) in [5.74, 6) is -2.78. The van der Waals surface area contributed by atoms with Gasteiger partial charge in [-0.2, -0.15) is 0 Å². The number of rotatable bonds is 7. The summed E-state index contributed by atoms with van der Waals surface area (Å²) in [6.45, 7) is 0. The van der Waals surface area contributed by atoms with E-state index in [1.807, 2.05) is 54.6 Å². The number of aromatic nitrogens is 2. The van der Waals surface area contributed by atoms with Crippen molar-refractivity contribution in [3.63, 3.8) is 0 Å². The molecule has 5 heteroatoms. The van der Waals surface area contributed by atoms with Crippen molar-refractivity contribution in [2.75, 3.05) is 0 Å². The molecule has 0 aliphatic heterocycles. The number of H-pyrrole nitrogens is 1. The molecular formula is C30H22N2O3. The SMILES string of the molecule is O=C(c1ccccc1)C(C(=O)c1ccccc1)[C@H](c1ccccc1)c1nc2ccccc2[nH]c1=O. The Kier molecular flexibility index (Phi) is 6.14. The average Bonchev–Trinajstić information content (AvgIpc) is 2.92. The minimum Gasteiger partial charge on any atom is -0.319 e. The molecular weight excluding hydrogens is 436 g/mol. The van der Waals surface area contributed by atoms with Crippen LogP contribution in [0.2, 0.25) is 0 Å². The van der Waals surface area contributed by atoms with E-state index in [-0.39, 0.29) is 17.3 Å². The van der Waals surface area contributed by atoms with Gasteiger partial charge in [0.05, 0.1) is 17.0 Å². The van der Waals surface area contributed by atoms with Crippen LogP contribution in [0, 0.1) is 5.92 Å². The van der Waals surface area contributed by atoms with E-state index in [1.54, 1.807) is 60.7 Å². The van der Waals surface area contributed by atoms with E-state index >= 15 is 0 Å². The Hall–Kier alpha value is -4.64. The molecule has 0 fully saturated rings. The van der Waals surface area contributed by atoms with Gasteiger partial charge in [0, 0.05) is 17.0 Å². The summed E-state index contributed by atoms with van der Waals surface area (Å²) in [4.78, 5) is 48.8. The van der Waals surface area contributed by atoms with Crippen LogP contribution < -0.4 is 5.56 Å². The normalized spacial score (nSPS) is 11.9. The second-order valence-electron chi connectivity index (χ2n) is 8.29. The molecule has 0 aliphatic carbocycles. The molecule has 4 aromatic carbocycles. The lowest BCUT2D eigenvalue weighted by Crippen LogP contribution is -2.35. The van der Waals surface area contributed by atoms with Crippen LogP contribution in [0.5, 0.6) is 0 Å². The summed E-state index contributed by atoms with van der Waals surface area (Å²) in [6, 6.07) is 33.8. The Labute approximate surface area is 202 Å². The smallest absolute Gasteiger partial charge is 0.270 e. The molecule has 5 aromatic rings. The highest BCUT2D eigenvalue weighted by atomic mass is 16.2. The number of benzene rings is 4. The largest absolute Gasteiger partial charge is 0.319 e. The number of Topliss-reactive ketones (excluding diaryl/α,β-unsaturated/α-hetero) is 2. The fraction of sp³-hybridized carbons (Fsp3) is 0.0667. The van der Waals surface area contributed by atoms with Crippen molar-refractivity contribution in [2.24, 2.45) is 5.92 Å². The number of aromatic amines is 1. The summed E-state index contributed by atoms with van der Waals surface area (Å²) >= 11 is 0. The third kappa shape index (κ3) is 4.44. The van der Waals surface area contributed by atoms with E-state index in [0.29, 0.717) is 27.7 Å². The van der Waals surface area contributed by atoms with Gasteiger partial charge >= 0.3 is 0 Å². The molecule has 0 amide bonds. The number of ketones is 2. The molecule has 0 bridgehead atoms. The number of carbonyl (C=O) groups is 2. The lowest BCUT2D eigenvalue weighted by molar-refractivity contribution is 0.0791. The van der Waals surface area contributed by atoms with Gasteiger partial charge in [-0.3, -0.25) is 14.4 Å². The summed E-state index contributed by atoms with van der Waals surface area (Å²) in [5.41, 5.74) is 2.35. The average molecular weight is 459 g/mol. The molecule has 0 saturated heterocycles. The topological polar surface area (TPSA) is 79.9 Å². The Morgan fingerprint density at radius 1 is 0.629 bits per heavy atom. The van der Waals surface area contributed by atoms with E-state index in [9.17, 15) is 14.4 Å². The molecule has 1 atom stereocenters. The van der Waals surface area contributed by atoms with Crippen molar-refractivity contribution in [3.8, 4) is 0 Å². The number of fused-ring (bicyclic) bond motifs is 1. The third-order valence-corrected chi connectivity index (χ3v) is 6.09. The first kappa shape index (κ1) is 22.2. The van der Waals surface area contributed by atoms with Gasteiger partial charge in [0.1, 0.15) is 5.69 Å². The highest BCUT2D eigenvalue weighted by Crippen LogP contribution is 2.34. The fourth-order valence-electron chi connectivity index (χ4n) is 4.41. The fourth-order valence-corrected chi connectivity index (χ4v) is 4.41. The van der Waals surface area contributed by atoms with Crippen molar-refractivity contribution in [1.29, 1.82) is 0 Å². The van der Waals surface area contributed by atoms with Gasteiger partial charge in [-0.25, -0.2) is 4.98 Å². The number of nitrogens with one attached hydrogen (secondary N) is 1. The standard InChI is InChI=1S/C30H22N2O3/c33-28(21-14-6-2-7-15-21)26(29(34)22-16-8-3-9-17-22)25(20-12-4-1-5-13-20)27-30(35)32-24-19-11-10-18-23(24)31-27/h1-19,25-26H,(H,32,35)/t25-/m0/s1. The molecule has 0 unspecified atom stereocenters. The molecule has 170 valence electrons. The number of hydrogen-bond donors (Lipinski definition) is 1. The predicted octanol–water partition coefficient (Wildman–Crippen LogP) is 5.44. The summed E-state index contributed by atoms with van der Waals surface area (Å²) in [7, 11) is 0. The minimum absolute atomic E-state index is 0.133. The van der Waals surface area contributed by atoms with Crippen molar-refractivity contribution in [3.05, 3.63) is 148 Å². The molecule has 0 saturated carbocycles. The summed E-state index contributed by atoms with van der Waals surface area (Å²) in [5, 5.41) is 0. The molecule has 1 N–H and O–H groups in total. The molecule has 35 heavy (non-hydrogen) atoms. The number of para-hydroxylation sites is 2. The first-order valence-corrected chi connectivity index (χ1v) is 11.4. The van der Waals surface area contributed by atoms with Crippen molar-refractivity contribution in [2.45, 2.75) is 5.92 Å². The maximum absolute atomic E-state index is 14.0. The molecule has 0 radical (unpaired) electrons. The maximum Gasteiger partial charge on any atom is 0.270 e.